The van der Waals surface area contributed by atoms with Crippen LogP contribution >= 0.6 is 0 Å². The van der Waals surface area contributed by atoms with E-state index in [4.69, 9.17) is 0 Å². The number of hydrogen-bond acceptors (Lipinski definition) is 2. The molecule has 3 aliphatic rings. The van der Waals surface area contributed by atoms with Gasteiger partial charge >= 0.3 is 0 Å². The summed E-state index contributed by atoms with van der Waals surface area (Å²) in [5, 5.41) is 9.21. The molecule has 3 fully saturated rings. The van der Waals surface area contributed by atoms with Gasteiger partial charge in [0.1, 0.15) is 0 Å². The zero-order valence-electron chi connectivity index (χ0n) is 7.45. The molecule has 3 rings (SSSR count). The highest BCUT2D eigenvalue weighted by molar-refractivity contribution is 4.98. The third kappa shape index (κ3) is 0.944. The van der Waals surface area contributed by atoms with Crippen molar-refractivity contribution in [2.75, 3.05) is 13.1 Å². The van der Waals surface area contributed by atoms with Crippen LogP contribution in [0.25, 0.3) is 0 Å². The molecule has 3 unspecified atom stereocenters. The van der Waals surface area contributed by atoms with Crippen molar-refractivity contribution in [3.8, 4) is 0 Å². The van der Waals surface area contributed by atoms with Gasteiger partial charge in [0.2, 0.25) is 0 Å². The number of likely N-dealkylation sites (tertiary alicyclic amines) is 1. The molecule has 0 aromatic rings. The predicted octanol–water partition coefficient (Wildman–Crippen LogP) is 0.852. The second kappa shape index (κ2) is 2.46. The summed E-state index contributed by atoms with van der Waals surface area (Å²) in [7, 11) is 0. The van der Waals surface area contributed by atoms with Crippen LogP contribution in [0.3, 0.4) is 0 Å². The van der Waals surface area contributed by atoms with Gasteiger partial charge in [0, 0.05) is 19.1 Å². The summed E-state index contributed by atoms with van der Waals surface area (Å²) >= 11 is 0. The van der Waals surface area contributed by atoms with Crippen molar-refractivity contribution in [3.63, 3.8) is 0 Å². The quantitative estimate of drug-likeness (QED) is 0.626. The Morgan fingerprint density at radius 1 is 1.08 bits per heavy atom. The van der Waals surface area contributed by atoms with Crippen molar-refractivity contribution in [3.05, 3.63) is 0 Å². The summed E-state index contributed by atoms with van der Waals surface area (Å²) in [5.41, 5.74) is 0. The van der Waals surface area contributed by atoms with Crippen molar-refractivity contribution in [1.82, 2.24) is 4.90 Å². The molecular formula is C10H17NO. The Labute approximate surface area is 73.6 Å². The van der Waals surface area contributed by atoms with E-state index in [2.05, 4.69) is 4.90 Å². The van der Waals surface area contributed by atoms with Gasteiger partial charge in [0.15, 0.2) is 0 Å². The Balaban J connectivity index is 1.64. The highest BCUT2D eigenvalue weighted by Gasteiger charge is 2.45. The van der Waals surface area contributed by atoms with E-state index in [1.807, 2.05) is 0 Å². The predicted molar refractivity (Wildman–Crippen MR) is 46.8 cm³/mol. The van der Waals surface area contributed by atoms with Crippen molar-refractivity contribution in [2.45, 2.75) is 37.8 Å². The first-order chi connectivity index (χ1) is 5.83. The number of aliphatic hydroxyl groups excluding tert-OH is 1. The molecule has 0 spiro atoms. The average molecular weight is 167 g/mol. The van der Waals surface area contributed by atoms with Crippen molar-refractivity contribution in [2.24, 2.45) is 11.8 Å². The zero-order valence-corrected chi connectivity index (χ0v) is 7.45. The molecule has 0 amide bonds. The average Bonchev–Trinajstić information content (AvgIpc) is 2.58. The third-order valence-electron chi connectivity index (χ3n) is 4.06. The minimum atomic E-state index is -0.0101. The van der Waals surface area contributed by atoms with E-state index in [9.17, 15) is 5.11 Å². The van der Waals surface area contributed by atoms with Crippen LogP contribution in [0.5, 0.6) is 0 Å². The monoisotopic (exact) mass is 167 g/mol. The number of hydrogen-bond donors (Lipinski definition) is 1. The first-order valence-corrected chi connectivity index (χ1v) is 5.25. The fourth-order valence-corrected chi connectivity index (χ4v) is 3.42. The van der Waals surface area contributed by atoms with Gasteiger partial charge in [-0.1, -0.05) is 6.42 Å². The molecule has 0 radical (unpaired) electrons. The second-order valence-electron chi connectivity index (χ2n) is 4.85. The van der Waals surface area contributed by atoms with Crippen LogP contribution in [0.15, 0.2) is 0 Å². The Kier molecular flexibility index (Phi) is 1.50. The van der Waals surface area contributed by atoms with Crippen LogP contribution in [0, 0.1) is 11.8 Å². The molecule has 68 valence electrons. The van der Waals surface area contributed by atoms with Crippen LogP contribution in [0.2, 0.25) is 0 Å². The van der Waals surface area contributed by atoms with E-state index in [1.54, 1.807) is 0 Å². The van der Waals surface area contributed by atoms with Crippen LogP contribution in [0.4, 0.5) is 0 Å². The summed E-state index contributed by atoms with van der Waals surface area (Å²) in [6.07, 6.45) is 5.85. The molecule has 0 aromatic carbocycles. The first kappa shape index (κ1) is 7.34. The molecule has 0 aromatic heterocycles. The maximum Gasteiger partial charge on any atom is 0.0794 e. The van der Waals surface area contributed by atoms with Gasteiger partial charge in [-0.25, -0.2) is 0 Å². The lowest BCUT2D eigenvalue weighted by molar-refractivity contribution is -0.0379. The van der Waals surface area contributed by atoms with Gasteiger partial charge in [-0.15, -0.1) is 0 Å². The number of nitrogens with zero attached hydrogens (tertiary/aromatic N) is 1. The minimum absolute atomic E-state index is 0.0101. The Bertz CT molecular complexity index is 188. The van der Waals surface area contributed by atoms with Crippen LogP contribution in [-0.4, -0.2) is 35.2 Å². The van der Waals surface area contributed by atoms with Gasteiger partial charge in [-0.3, -0.25) is 4.90 Å². The largest absolute Gasteiger partial charge is 0.390 e. The molecule has 1 heterocycles. The van der Waals surface area contributed by atoms with Crippen molar-refractivity contribution >= 4 is 0 Å². The number of aliphatic hydroxyl groups is 1. The summed E-state index contributed by atoms with van der Waals surface area (Å²) in [6, 6.07) is 0.854. The molecular weight excluding hydrogens is 150 g/mol. The van der Waals surface area contributed by atoms with E-state index in [0.29, 0.717) is 0 Å². The number of β-amino-alcohol motifs (C(OH)–C–C–N with tert-alkyl or cyclic N) is 1. The van der Waals surface area contributed by atoms with E-state index in [-0.39, 0.29) is 6.10 Å². The van der Waals surface area contributed by atoms with E-state index < -0.39 is 0 Å². The molecule has 1 aliphatic heterocycles. The lowest BCUT2D eigenvalue weighted by atomic mass is 9.91. The van der Waals surface area contributed by atoms with Gasteiger partial charge in [-0.05, 0) is 31.1 Å². The normalized spacial score (nSPS) is 48.2. The standard InChI is InChI=1S/C10H17NO/c12-9-5-11(6-9)10-4-7-1-2-8(10)3-7/h7-10,12H,1-6H2. The molecule has 2 saturated carbocycles. The molecule has 2 aliphatic carbocycles. The maximum absolute atomic E-state index is 9.21. The summed E-state index contributed by atoms with van der Waals surface area (Å²) in [4.78, 5) is 2.49. The van der Waals surface area contributed by atoms with Gasteiger partial charge in [-0.2, -0.15) is 0 Å². The Morgan fingerprint density at radius 2 is 1.92 bits per heavy atom. The van der Waals surface area contributed by atoms with Gasteiger partial charge < -0.3 is 5.11 Å². The molecule has 3 atom stereocenters. The Hall–Kier alpha value is -0.0800. The van der Waals surface area contributed by atoms with Crippen LogP contribution in [0.1, 0.15) is 25.7 Å². The zero-order chi connectivity index (χ0) is 8.13. The fourth-order valence-electron chi connectivity index (χ4n) is 3.42. The summed E-state index contributed by atoms with van der Waals surface area (Å²) in [6.45, 7) is 1.90. The van der Waals surface area contributed by atoms with E-state index in [1.165, 1.54) is 25.7 Å². The van der Waals surface area contributed by atoms with Gasteiger partial charge in [0.25, 0.3) is 0 Å². The topological polar surface area (TPSA) is 23.5 Å². The van der Waals surface area contributed by atoms with E-state index in [0.717, 1.165) is 31.0 Å². The molecule has 2 bridgehead atoms. The maximum atomic E-state index is 9.21. The SMILES string of the molecule is OC1CN(C2CC3CCC2C3)C1. The van der Waals surface area contributed by atoms with Crippen LogP contribution in [-0.2, 0) is 0 Å². The highest BCUT2D eigenvalue weighted by atomic mass is 16.3. The number of fused-ring (bicyclic) bond motifs is 2. The van der Waals surface area contributed by atoms with Gasteiger partial charge in [0.05, 0.1) is 6.10 Å². The summed E-state index contributed by atoms with van der Waals surface area (Å²) < 4.78 is 0. The Morgan fingerprint density at radius 3 is 2.42 bits per heavy atom. The fraction of sp³-hybridized carbons (Fsp3) is 1.00. The van der Waals surface area contributed by atoms with Crippen molar-refractivity contribution in [1.29, 1.82) is 0 Å². The third-order valence-corrected chi connectivity index (χ3v) is 4.06. The molecule has 2 heteroatoms. The lowest BCUT2D eigenvalue weighted by Crippen LogP contribution is -2.56. The molecule has 1 N–H and O–H groups in total. The molecule has 1 saturated heterocycles. The van der Waals surface area contributed by atoms with Crippen LogP contribution < -0.4 is 0 Å². The lowest BCUT2D eigenvalue weighted by Gasteiger charge is -2.43. The first-order valence-electron chi connectivity index (χ1n) is 5.25. The van der Waals surface area contributed by atoms with Crippen molar-refractivity contribution < 1.29 is 5.11 Å². The summed E-state index contributed by atoms with van der Waals surface area (Å²) in [5.74, 6) is 2.03. The molecule has 2 nitrogen and oxygen atoms in total. The smallest absolute Gasteiger partial charge is 0.0794 e. The second-order valence-corrected chi connectivity index (χ2v) is 4.85. The number of rotatable bonds is 1. The highest BCUT2D eigenvalue weighted by Crippen LogP contribution is 2.47. The van der Waals surface area contributed by atoms with E-state index >= 15 is 0 Å². The molecule has 12 heavy (non-hydrogen) atoms. The minimum Gasteiger partial charge on any atom is -0.390 e.